The number of sulfone groups is 1. The number of rotatable bonds is 4. The van der Waals surface area contributed by atoms with Crippen LogP contribution in [0.15, 0.2) is 24.3 Å². The lowest BCUT2D eigenvalue weighted by Gasteiger charge is -2.28. The topological polar surface area (TPSA) is 101 Å². The van der Waals surface area contributed by atoms with Gasteiger partial charge in [-0.3, -0.25) is 4.55 Å². The van der Waals surface area contributed by atoms with Crippen LogP contribution in [0.2, 0.25) is 0 Å². The molecule has 0 unspecified atom stereocenters. The molecule has 0 radical (unpaired) electrons. The molecular weight excluding hydrogens is 306 g/mol. The van der Waals surface area contributed by atoms with E-state index in [4.69, 9.17) is 9.29 Å². The number of hydrogen-bond acceptors (Lipinski definition) is 6. The van der Waals surface area contributed by atoms with Crippen molar-refractivity contribution in [3.8, 4) is 5.75 Å². The first kappa shape index (κ1) is 15.1. The van der Waals surface area contributed by atoms with Gasteiger partial charge in [0.1, 0.15) is 5.75 Å². The first-order valence-electron chi connectivity index (χ1n) is 5.89. The van der Waals surface area contributed by atoms with Crippen LogP contribution in [0, 0.1) is 0 Å². The Labute approximate surface area is 117 Å². The largest absolute Gasteiger partial charge is 0.475 e. The summed E-state index contributed by atoms with van der Waals surface area (Å²) in [7, 11) is -7.08. The Morgan fingerprint density at radius 3 is 2.20 bits per heavy atom. The highest BCUT2D eigenvalue weighted by atomic mass is 32.2. The summed E-state index contributed by atoms with van der Waals surface area (Å²) in [5.41, 5.74) is 0.846. The van der Waals surface area contributed by atoms with Crippen molar-refractivity contribution in [1.29, 1.82) is 0 Å². The standard InChI is InChI=1S/C11H15NO6S2/c13-19(14)7-5-12(6-8-19)10-1-3-11(4-2-10)18-9-20(15,16)17/h1-4H,5-9H2,(H,15,16,17). The van der Waals surface area contributed by atoms with E-state index in [0.717, 1.165) is 5.69 Å². The minimum absolute atomic E-state index is 0.133. The van der Waals surface area contributed by atoms with E-state index in [2.05, 4.69) is 0 Å². The van der Waals surface area contributed by atoms with Crippen LogP contribution in [0.1, 0.15) is 0 Å². The Morgan fingerprint density at radius 1 is 1.15 bits per heavy atom. The molecule has 1 N–H and O–H groups in total. The second kappa shape index (κ2) is 5.58. The quantitative estimate of drug-likeness (QED) is 0.787. The molecule has 1 aliphatic rings. The molecule has 2 rings (SSSR count). The summed E-state index contributed by atoms with van der Waals surface area (Å²) in [6.07, 6.45) is 0. The zero-order chi connectivity index (χ0) is 14.8. The lowest BCUT2D eigenvalue weighted by atomic mass is 10.2. The Hall–Kier alpha value is -1.32. The van der Waals surface area contributed by atoms with Gasteiger partial charge in [-0.05, 0) is 24.3 Å². The van der Waals surface area contributed by atoms with Gasteiger partial charge in [0.2, 0.25) is 5.94 Å². The average molecular weight is 321 g/mol. The highest BCUT2D eigenvalue weighted by Gasteiger charge is 2.21. The van der Waals surface area contributed by atoms with Crippen molar-refractivity contribution < 1.29 is 26.1 Å². The predicted molar refractivity (Wildman–Crippen MR) is 74.4 cm³/mol. The van der Waals surface area contributed by atoms with E-state index in [-0.39, 0.29) is 11.5 Å². The van der Waals surface area contributed by atoms with Gasteiger partial charge in [-0.15, -0.1) is 0 Å². The van der Waals surface area contributed by atoms with Crippen molar-refractivity contribution in [1.82, 2.24) is 0 Å². The number of benzene rings is 1. The average Bonchev–Trinajstić information content (AvgIpc) is 2.36. The van der Waals surface area contributed by atoms with Crippen molar-refractivity contribution in [3.63, 3.8) is 0 Å². The summed E-state index contributed by atoms with van der Waals surface area (Å²) in [5.74, 6) is -0.216. The predicted octanol–water partition coefficient (Wildman–Crippen LogP) is 0.146. The van der Waals surface area contributed by atoms with E-state index < -0.39 is 25.9 Å². The van der Waals surface area contributed by atoms with Crippen LogP contribution < -0.4 is 9.64 Å². The molecule has 1 saturated heterocycles. The van der Waals surface area contributed by atoms with E-state index in [1.54, 1.807) is 24.3 Å². The minimum Gasteiger partial charge on any atom is -0.475 e. The molecule has 0 saturated carbocycles. The van der Waals surface area contributed by atoms with Gasteiger partial charge in [0.05, 0.1) is 11.5 Å². The van der Waals surface area contributed by atoms with E-state index >= 15 is 0 Å². The van der Waals surface area contributed by atoms with Gasteiger partial charge >= 0.3 is 10.1 Å². The summed E-state index contributed by atoms with van der Waals surface area (Å²) < 4.78 is 57.2. The van der Waals surface area contributed by atoms with E-state index in [0.29, 0.717) is 18.8 Å². The van der Waals surface area contributed by atoms with Crippen molar-refractivity contribution in [3.05, 3.63) is 24.3 Å². The third kappa shape index (κ3) is 4.36. The molecule has 20 heavy (non-hydrogen) atoms. The first-order chi connectivity index (χ1) is 9.25. The van der Waals surface area contributed by atoms with Crippen LogP contribution in [-0.4, -0.2) is 51.9 Å². The minimum atomic E-state index is -4.17. The van der Waals surface area contributed by atoms with Gasteiger partial charge in [0, 0.05) is 18.8 Å². The second-order valence-electron chi connectivity index (χ2n) is 4.48. The van der Waals surface area contributed by atoms with E-state index in [9.17, 15) is 16.8 Å². The molecule has 112 valence electrons. The van der Waals surface area contributed by atoms with Crippen molar-refractivity contribution >= 4 is 25.6 Å². The van der Waals surface area contributed by atoms with Gasteiger partial charge in [-0.2, -0.15) is 8.42 Å². The monoisotopic (exact) mass is 321 g/mol. The fourth-order valence-electron chi connectivity index (χ4n) is 1.87. The fourth-order valence-corrected chi connectivity index (χ4v) is 3.35. The number of hydrogen-bond donors (Lipinski definition) is 1. The van der Waals surface area contributed by atoms with Gasteiger partial charge in [0.25, 0.3) is 0 Å². The number of nitrogens with zero attached hydrogens (tertiary/aromatic N) is 1. The molecule has 0 aliphatic carbocycles. The van der Waals surface area contributed by atoms with Crippen LogP contribution >= 0.6 is 0 Å². The van der Waals surface area contributed by atoms with Crippen molar-refractivity contribution in [2.24, 2.45) is 0 Å². The van der Waals surface area contributed by atoms with Crippen LogP contribution in [0.4, 0.5) is 5.69 Å². The van der Waals surface area contributed by atoms with Gasteiger partial charge in [-0.1, -0.05) is 0 Å². The molecule has 0 spiro atoms. The summed E-state index contributed by atoms with van der Waals surface area (Å²) in [5, 5.41) is 0. The maximum Gasteiger partial charge on any atom is 0.300 e. The Kier molecular flexibility index (Phi) is 4.21. The van der Waals surface area contributed by atoms with Gasteiger partial charge in [0.15, 0.2) is 9.84 Å². The van der Waals surface area contributed by atoms with E-state index in [1.165, 1.54) is 0 Å². The highest BCUT2D eigenvalue weighted by molar-refractivity contribution is 7.91. The zero-order valence-electron chi connectivity index (χ0n) is 10.6. The molecule has 1 fully saturated rings. The third-order valence-electron chi connectivity index (χ3n) is 2.92. The molecular formula is C11H15NO6S2. The molecule has 1 heterocycles. The molecule has 1 aliphatic heterocycles. The highest BCUT2D eigenvalue weighted by Crippen LogP contribution is 2.21. The molecule has 0 aromatic heterocycles. The lowest BCUT2D eigenvalue weighted by molar-refractivity contribution is 0.353. The third-order valence-corrected chi connectivity index (χ3v) is 4.95. The lowest BCUT2D eigenvalue weighted by Crippen LogP contribution is -2.40. The molecule has 0 atom stereocenters. The number of anilines is 1. The van der Waals surface area contributed by atoms with Crippen LogP contribution in [-0.2, 0) is 20.0 Å². The molecule has 7 nitrogen and oxygen atoms in total. The van der Waals surface area contributed by atoms with Gasteiger partial charge in [-0.25, -0.2) is 8.42 Å². The van der Waals surface area contributed by atoms with Crippen molar-refractivity contribution in [2.75, 3.05) is 35.4 Å². The summed E-state index contributed by atoms with van der Waals surface area (Å²) in [4.78, 5) is 1.94. The summed E-state index contributed by atoms with van der Waals surface area (Å²) in [6, 6.07) is 6.59. The molecule has 1 aromatic carbocycles. The van der Waals surface area contributed by atoms with Crippen LogP contribution in [0.3, 0.4) is 0 Å². The Balaban J connectivity index is 1.98. The summed E-state index contributed by atoms with van der Waals surface area (Å²) in [6.45, 7) is 0.876. The molecule has 1 aromatic rings. The Morgan fingerprint density at radius 2 is 1.70 bits per heavy atom. The zero-order valence-corrected chi connectivity index (χ0v) is 12.2. The van der Waals surface area contributed by atoms with Crippen LogP contribution in [0.25, 0.3) is 0 Å². The maximum atomic E-state index is 11.3. The maximum absolute atomic E-state index is 11.3. The Bertz CT molecular complexity index is 651. The smallest absolute Gasteiger partial charge is 0.300 e. The van der Waals surface area contributed by atoms with Gasteiger partial charge < -0.3 is 9.64 Å². The molecule has 9 heteroatoms. The molecule has 0 amide bonds. The fraction of sp³-hybridized carbons (Fsp3) is 0.455. The molecule has 0 bridgehead atoms. The SMILES string of the molecule is O=S(=O)(O)COc1ccc(N2CCS(=O)(=O)CC2)cc1. The van der Waals surface area contributed by atoms with Crippen LogP contribution in [0.5, 0.6) is 5.75 Å². The number of ether oxygens (including phenoxy) is 1. The van der Waals surface area contributed by atoms with Crippen molar-refractivity contribution in [2.45, 2.75) is 0 Å². The first-order valence-corrected chi connectivity index (χ1v) is 9.32. The second-order valence-corrected chi connectivity index (χ2v) is 8.18. The normalized spacial score (nSPS) is 18.8. The summed E-state index contributed by atoms with van der Waals surface area (Å²) >= 11 is 0. The van der Waals surface area contributed by atoms with E-state index in [1.807, 2.05) is 4.90 Å².